The number of benzene rings is 1. The first-order valence-corrected chi connectivity index (χ1v) is 7.01. The maximum atomic E-state index is 10.9. The minimum atomic E-state index is -1.07. The van der Waals surface area contributed by atoms with Gasteiger partial charge in [-0.3, -0.25) is 0 Å². The van der Waals surface area contributed by atoms with Crippen LogP contribution in [0.4, 0.5) is 5.69 Å². The van der Waals surface area contributed by atoms with Gasteiger partial charge in [0.15, 0.2) is 0 Å². The van der Waals surface area contributed by atoms with Gasteiger partial charge < -0.3 is 24.3 Å². The molecule has 0 saturated heterocycles. The van der Waals surface area contributed by atoms with Crippen LogP contribution >= 0.6 is 0 Å². The van der Waals surface area contributed by atoms with Gasteiger partial charge in [0.1, 0.15) is 17.6 Å². The smallest absolute Gasteiger partial charge is 0.434 e. The second-order valence-corrected chi connectivity index (χ2v) is 4.37. The number of aromatic amines is 1. The monoisotopic (exact) mass is 309 g/mol. The Labute approximate surface area is 127 Å². The van der Waals surface area contributed by atoms with Crippen LogP contribution in [-0.4, -0.2) is 35.1 Å². The number of hydrogen-bond donors (Lipinski definition) is 3. The fourth-order valence-corrected chi connectivity index (χ4v) is 1.86. The highest BCUT2D eigenvalue weighted by molar-refractivity contribution is 5.59. The van der Waals surface area contributed by atoms with Gasteiger partial charge in [-0.2, -0.15) is 0 Å². The summed E-state index contributed by atoms with van der Waals surface area (Å²) in [7, 11) is 0. The molecule has 0 aliphatic carbocycles. The molecule has 8 nitrogen and oxygen atoms in total. The van der Waals surface area contributed by atoms with Crippen molar-refractivity contribution in [3.05, 3.63) is 34.6 Å². The van der Waals surface area contributed by atoms with E-state index in [1.54, 1.807) is 12.1 Å². The summed E-state index contributed by atoms with van der Waals surface area (Å²) in [6.45, 7) is 4.94. The molecule has 0 fully saturated rings. The zero-order chi connectivity index (χ0) is 15.9. The van der Waals surface area contributed by atoms with Crippen molar-refractivity contribution in [2.45, 2.75) is 20.0 Å². The third kappa shape index (κ3) is 4.01. The molecular weight excluding hydrogens is 290 g/mol. The van der Waals surface area contributed by atoms with Crippen LogP contribution in [0.1, 0.15) is 25.8 Å². The number of rotatable bonds is 8. The van der Waals surface area contributed by atoms with Crippen LogP contribution in [0, 0.1) is 0 Å². The minimum Gasteiger partial charge on any atom is -0.494 e. The second kappa shape index (κ2) is 7.51. The van der Waals surface area contributed by atoms with Gasteiger partial charge in [0.05, 0.1) is 18.9 Å². The number of aromatic nitrogens is 2. The van der Waals surface area contributed by atoms with E-state index < -0.39 is 11.9 Å². The number of nitrogens with zero attached hydrogens (tertiary/aromatic N) is 1. The van der Waals surface area contributed by atoms with Crippen molar-refractivity contribution >= 4 is 5.69 Å². The molecule has 0 aliphatic heterocycles. The predicted molar refractivity (Wildman–Crippen MR) is 79.4 cm³/mol. The lowest BCUT2D eigenvalue weighted by Gasteiger charge is -2.15. The van der Waals surface area contributed by atoms with Crippen LogP contribution in [0.25, 0.3) is 0 Å². The molecule has 8 heteroatoms. The maximum absolute atomic E-state index is 10.9. The molecule has 1 aromatic carbocycles. The molecule has 2 rings (SSSR count). The van der Waals surface area contributed by atoms with E-state index in [-0.39, 0.29) is 12.4 Å². The summed E-state index contributed by atoms with van der Waals surface area (Å²) in [5, 5.41) is 18.7. The third-order valence-corrected chi connectivity index (χ3v) is 2.79. The molecule has 1 unspecified atom stereocenters. The topological polar surface area (TPSA) is 110 Å². The van der Waals surface area contributed by atoms with Gasteiger partial charge in [-0.05, 0) is 26.0 Å². The summed E-state index contributed by atoms with van der Waals surface area (Å²) in [6, 6.07) is 5.38. The average Bonchev–Trinajstić information content (AvgIpc) is 2.94. The fraction of sp³-hybridized carbons (Fsp3) is 0.429. The molecule has 1 heterocycles. The molecule has 0 amide bonds. The normalized spacial score (nSPS) is 12.0. The van der Waals surface area contributed by atoms with Gasteiger partial charge >= 0.3 is 5.76 Å². The lowest BCUT2D eigenvalue weighted by Crippen LogP contribution is -2.13. The zero-order valence-electron chi connectivity index (χ0n) is 12.5. The minimum absolute atomic E-state index is 0.0728. The standard InChI is InChI=1S/C14H19N3O5/c1-3-20-9-5-6-12(21-4-2)10(7-9)15-8-11(18)13-16-17-14(19)22-13/h5-7,11,15,18H,3-4,8H2,1-2H3,(H,17,19). The largest absolute Gasteiger partial charge is 0.494 e. The summed E-state index contributed by atoms with van der Waals surface area (Å²) in [5.74, 6) is 0.551. The van der Waals surface area contributed by atoms with E-state index in [4.69, 9.17) is 13.9 Å². The number of nitrogens with one attached hydrogen (secondary N) is 2. The molecule has 1 atom stereocenters. The highest BCUT2D eigenvalue weighted by Gasteiger charge is 2.15. The van der Waals surface area contributed by atoms with Gasteiger partial charge in [0.2, 0.25) is 5.89 Å². The lowest BCUT2D eigenvalue weighted by atomic mass is 10.2. The van der Waals surface area contributed by atoms with E-state index in [2.05, 4.69) is 15.5 Å². The first-order chi connectivity index (χ1) is 10.6. The van der Waals surface area contributed by atoms with E-state index in [0.717, 1.165) is 0 Å². The van der Waals surface area contributed by atoms with E-state index in [1.807, 2.05) is 19.9 Å². The summed E-state index contributed by atoms with van der Waals surface area (Å²) in [5.41, 5.74) is 0.671. The maximum Gasteiger partial charge on any atom is 0.434 e. The Bertz CT molecular complexity index is 652. The van der Waals surface area contributed by atoms with Crippen LogP contribution in [0.3, 0.4) is 0 Å². The van der Waals surface area contributed by atoms with Gasteiger partial charge in [0.25, 0.3) is 0 Å². The molecule has 1 aromatic heterocycles. The van der Waals surface area contributed by atoms with E-state index in [1.165, 1.54) is 0 Å². The molecule has 0 bridgehead atoms. The van der Waals surface area contributed by atoms with Crippen LogP contribution in [-0.2, 0) is 0 Å². The van der Waals surface area contributed by atoms with Crippen molar-refractivity contribution in [2.75, 3.05) is 25.1 Å². The summed E-state index contributed by atoms with van der Waals surface area (Å²) in [4.78, 5) is 10.9. The fourth-order valence-electron chi connectivity index (χ4n) is 1.86. The molecule has 120 valence electrons. The van der Waals surface area contributed by atoms with Crippen molar-refractivity contribution in [3.63, 3.8) is 0 Å². The summed E-state index contributed by atoms with van der Waals surface area (Å²) in [6.07, 6.45) is -1.07. The molecule has 0 aliphatic rings. The number of H-pyrrole nitrogens is 1. The van der Waals surface area contributed by atoms with Crippen LogP contribution < -0.4 is 20.5 Å². The lowest BCUT2D eigenvalue weighted by molar-refractivity contribution is 0.154. The Kier molecular flexibility index (Phi) is 5.42. The van der Waals surface area contributed by atoms with Crippen LogP contribution in [0.5, 0.6) is 11.5 Å². The van der Waals surface area contributed by atoms with E-state index >= 15 is 0 Å². The van der Waals surface area contributed by atoms with Crippen molar-refractivity contribution < 1.29 is 19.0 Å². The van der Waals surface area contributed by atoms with Gasteiger partial charge in [-0.15, -0.1) is 5.10 Å². The molecule has 0 spiro atoms. The van der Waals surface area contributed by atoms with Crippen molar-refractivity contribution in [2.24, 2.45) is 0 Å². The highest BCUT2D eigenvalue weighted by atomic mass is 16.5. The number of aliphatic hydroxyl groups is 1. The van der Waals surface area contributed by atoms with Crippen LogP contribution in [0.2, 0.25) is 0 Å². The quantitative estimate of drug-likeness (QED) is 0.674. The molecule has 0 saturated carbocycles. The Balaban J connectivity index is 2.09. The zero-order valence-corrected chi connectivity index (χ0v) is 12.5. The molecule has 3 N–H and O–H groups in total. The number of aliphatic hydroxyl groups excluding tert-OH is 1. The predicted octanol–water partition coefficient (Wildman–Crippen LogP) is 1.31. The SMILES string of the molecule is CCOc1ccc(OCC)c(NCC(O)c2n[nH]c(=O)o2)c1. The van der Waals surface area contributed by atoms with E-state index in [9.17, 15) is 9.90 Å². The Morgan fingerprint density at radius 3 is 2.77 bits per heavy atom. The van der Waals surface area contributed by atoms with Crippen LogP contribution in [0.15, 0.2) is 27.4 Å². The summed E-state index contributed by atoms with van der Waals surface area (Å²) < 4.78 is 15.7. The van der Waals surface area contributed by atoms with Gasteiger partial charge in [-0.1, -0.05) is 0 Å². The average molecular weight is 309 g/mol. The van der Waals surface area contributed by atoms with Gasteiger partial charge in [0, 0.05) is 12.6 Å². The highest BCUT2D eigenvalue weighted by Crippen LogP contribution is 2.29. The first-order valence-electron chi connectivity index (χ1n) is 7.01. The molecule has 22 heavy (non-hydrogen) atoms. The van der Waals surface area contributed by atoms with Crippen molar-refractivity contribution in [1.29, 1.82) is 0 Å². The van der Waals surface area contributed by atoms with Crippen molar-refractivity contribution in [3.8, 4) is 11.5 Å². The number of ether oxygens (including phenoxy) is 2. The molecule has 0 radical (unpaired) electrons. The first kappa shape index (κ1) is 15.9. The molecular formula is C14H19N3O5. The summed E-state index contributed by atoms with van der Waals surface area (Å²) >= 11 is 0. The van der Waals surface area contributed by atoms with Gasteiger partial charge in [-0.25, -0.2) is 9.89 Å². The van der Waals surface area contributed by atoms with E-state index in [0.29, 0.717) is 30.4 Å². The third-order valence-electron chi connectivity index (χ3n) is 2.79. The molecule has 2 aromatic rings. The van der Waals surface area contributed by atoms with Crippen molar-refractivity contribution in [1.82, 2.24) is 10.2 Å². The number of anilines is 1. The Hall–Kier alpha value is -2.48. The Morgan fingerprint density at radius 1 is 1.36 bits per heavy atom. The number of hydrogen-bond acceptors (Lipinski definition) is 7. The second-order valence-electron chi connectivity index (χ2n) is 4.37. The Morgan fingerprint density at radius 2 is 2.14 bits per heavy atom.